The van der Waals surface area contributed by atoms with E-state index in [2.05, 4.69) is 20.4 Å². The van der Waals surface area contributed by atoms with Crippen molar-refractivity contribution in [3.8, 4) is 0 Å². The lowest BCUT2D eigenvalue weighted by Gasteiger charge is -2.34. The van der Waals surface area contributed by atoms with E-state index in [4.69, 9.17) is 29.7 Å². The number of piperazine rings is 1. The number of carbonyl (C=O) groups is 4. The van der Waals surface area contributed by atoms with Crippen molar-refractivity contribution in [2.75, 3.05) is 42.1 Å². The first kappa shape index (κ1) is 44.7. The van der Waals surface area contributed by atoms with Gasteiger partial charge in [0.25, 0.3) is 18.9 Å². The fraction of sp³-hybridized carbons (Fsp3) is 0.375. The number of pyridine rings is 1. The van der Waals surface area contributed by atoms with Gasteiger partial charge in [-0.25, -0.2) is 22.7 Å². The molecular weight excluding hydrogens is 733 g/mol. The summed E-state index contributed by atoms with van der Waals surface area (Å²) in [7, 11) is -3.17. The number of rotatable bonds is 5. The molecular formula is C24H26F9N7O9S. The van der Waals surface area contributed by atoms with E-state index in [1.54, 1.807) is 36.0 Å². The molecule has 0 bridgehead atoms. The molecule has 0 spiro atoms. The maximum atomic E-state index is 12.3. The van der Waals surface area contributed by atoms with E-state index >= 15 is 0 Å². The van der Waals surface area contributed by atoms with Gasteiger partial charge in [-0.2, -0.15) is 43.8 Å². The highest BCUT2D eigenvalue weighted by Gasteiger charge is 2.58. The standard InChI is InChI=1S/C18H21N7O3S.C2F6.C2HF3O2.2CH2O2/c1-2-29(27,28)24-10-8-23(9-11-24)17-6-5-16-20-15(13-25(16)22-17)21-18(26)14-4-3-7-19-12-14;3-1(4,5)2(6,7)8;3-2(4,5)1(6)7;2*2-1-3/h3-7,12-13H,2,8-11H2,1H3,(H,21,26);;(H,6,7);2*1H,(H,2,3). The average Bonchev–Trinajstić information content (AvgIpc) is 3.43. The highest BCUT2D eigenvalue weighted by molar-refractivity contribution is 7.89. The Labute approximate surface area is 274 Å². The monoisotopic (exact) mass is 759 g/mol. The van der Waals surface area contributed by atoms with Gasteiger partial charge in [0.15, 0.2) is 11.5 Å². The van der Waals surface area contributed by atoms with Crippen molar-refractivity contribution < 1.29 is 82.4 Å². The number of nitrogens with zero attached hydrogens (tertiary/aromatic N) is 6. The van der Waals surface area contributed by atoms with E-state index in [0.29, 0.717) is 43.2 Å². The summed E-state index contributed by atoms with van der Waals surface area (Å²) in [4.78, 5) is 48.2. The Morgan fingerprint density at radius 3 is 1.82 bits per heavy atom. The van der Waals surface area contributed by atoms with Gasteiger partial charge in [-0.3, -0.25) is 19.4 Å². The normalized spacial score (nSPS) is 13.4. The van der Waals surface area contributed by atoms with E-state index in [1.165, 1.54) is 10.5 Å². The molecule has 0 atom stereocenters. The molecule has 50 heavy (non-hydrogen) atoms. The molecule has 0 aliphatic carbocycles. The largest absolute Gasteiger partial charge is 0.490 e. The summed E-state index contributed by atoms with van der Waals surface area (Å²) in [6.45, 7) is 3.16. The highest BCUT2D eigenvalue weighted by Crippen LogP contribution is 2.35. The fourth-order valence-corrected chi connectivity index (χ4v) is 4.25. The van der Waals surface area contributed by atoms with Gasteiger partial charge in [-0.05, 0) is 31.2 Å². The second-order valence-corrected chi connectivity index (χ2v) is 10.9. The highest BCUT2D eigenvalue weighted by atomic mass is 32.2. The minimum absolute atomic E-state index is 0.111. The van der Waals surface area contributed by atoms with Crippen LogP contribution in [-0.2, 0) is 24.4 Å². The predicted molar refractivity (Wildman–Crippen MR) is 152 cm³/mol. The molecule has 26 heteroatoms. The van der Waals surface area contributed by atoms with Gasteiger partial charge in [0.1, 0.15) is 5.82 Å². The number of amides is 1. The molecule has 0 unspecified atom stereocenters. The molecule has 4 heterocycles. The molecule has 16 nitrogen and oxygen atoms in total. The topological polar surface area (TPSA) is 225 Å². The Morgan fingerprint density at radius 2 is 1.42 bits per heavy atom. The Balaban J connectivity index is 0.000000938. The maximum Gasteiger partial charge on any atom is 0.490 e. The lowest BCUT2D eigenvalue weighted by Crippen LogP contribution is -2.49. The molecule has 280 valence electrons. The number of alkyl halides is 9. The van der Waals surface area contributed by atoms with Crippen molar-refractivity contribution in [2.45, 2.75) is 25.5 Å². The minimum atomic E-state index is -6.06. The van der Waals surface area contributed by atoms with Crippen molar-refractivity contribution in [3.63, 3.8) is 0 Å². The fourth-order valence-electron chi connectivity index (χ4n) is 3.16. The molecule has 1 fully saturated rings. The smallest absolute Gasteiger partial charge is 0.483 e. The molecule has 3 aromatic rings. The number of anilines is 2. The third-order valence-corrected chi connectivity index (χ3v) is 7.24. The number of sulfonamides is 1. The Kier molecular flexibility index (Phi) is 17.6. The summed E-state index contributed by atoms with van der Waals surface area (Å²) < 4.78 is 121. The van der Waals surface area contributed by atoms with Crippen molar-refractivity contribution >= 4 is 52.1 Å². The van der Waals surface area contributed by atoms with Gasteiger partial charge in [0.2, 0.25) is 10.0 Å². The summed E-state index contributed by atoms with van der Waals surface area (Å²) in [6, 6.07) is 7.03. The number of hydrogen-bond acceptors (Lipinski definition) is 10. The molecule has 0 saturated carbocycles. The number of carboxylic acids is 1. The quantitative estimate of drug-likeness (QED) is 0.217. The number of fused-ring (bicyclic) bond motifs is 1. The molecule has 1 amide bonds. The van der Waals surface area contributed by atoms with Gasteiger partial charge in [0, 0.05) is 38.6 Å². The van der Waals surface area contributed by atoms with Crippen LogP contribution in [-0.4, -0.2) is 123 Å². The van der Waals surface area contributed by atoms with Crippen LogP contribution in [0.4, 0.5) is 51.1 Å². The summed E-state index contributed by atoms with van der Waals surface area (Å²) in [5.41, 5.74) is 1.04. The molecule has 1 aliphatic rings. The summed E-state index contributed by atoms with van der Waals surface area (Å²) in [5.74, 6) is -1.82. The molecule has 4 rings (SSSR count). The van der Waals surface area contributed by atoms with Crippen LogP contribution in [0.25, 0.3) is 5.65 Å². The number of nitrogens with one attached hydrogen (secondary N) is 1. The van der Waals surface area contributed by atoms with Gasteiger partial charge >= 0.3 is 24.5 Å². The lowest BCUT2D eigenvalue weighted by molar-refractivity contribution is -0.339. The first-order valence-corrected chi connectivity index (χ1v) is 14.5. The molecule has 1 aliphatic heterocycles. The summed E-state index contributed by atoms with van der Waals surface area (Å²) in [6.07, 6.45) is -12.5. The number of aromatic nitrogens is 4. The van der Waals surface area contributed by atoms with Gasteiger partial charge in [0.05, 0.1) is 17.5 Å². The Bertz CT molecular complexity index is 1610. The van der Waals surface area contributed by atoms with Crippen LogP contribution in [0.15, 0.2) is 42.9 Å². The van der Waals surface area contributed by atoms with Crippen LogP contribution in [0.2, 0.25) is 0 Å². The van der Waals surface area contributed by atoms with E-state index in [1.807, 2.05) is 17.0 Å². The zero-order chi connectivity index (χ0) is 38.9. The van der Waals surface area contributed by atoms with E-state index in [9.17, 15) is 52.7 Å². The van der Waals surface area contributed by atoms with Crippen LogP contribution in [0.5, 0.6) is 0 Å². The number of halogens is 9. The lowest BCUT2D eigenvalue weighted by atomic mass is 10.3. The number of aliphatic carboxylic acids is 1. The molecule has 3 aromatic heterocycles. The van der Waals surface area contributed by atoms with Gasteiger partial charge < -0.3 is 25.5 Å². The van der Waals surface area contributed by atoms with Crippen molar-refractivity contribution in [3.05, 3.63) is 48.4 Å². The van der Waals surface area contributed by atoms with Crippen LogP contribution in [0, 0.1) is 0 Å². The predicted octanol–water partition coefficient (Wildman–Crippen LogP) is 2.99. The van der Waals surface area contributed by atoms with E-state index in [-0.39, 0.29) is 24.6 Å². The van der Waals surface area contributed by atoms with Crippen molar-refractivity contribution in [2.24, 2.45) is 0 Å². The average molecular weight is 760 g/mol. The van der Waals surface area contributed by atoms with Gasteiger partial charge in [-0.15, -0.1) is 5.10 Å². The third-order valence-electron chi connectivity index (χ3n) is 5.36. The zero-order valence-electron chi connectivity index (χ0n) is 25.0. The van der Waals surface area contributed by atoms with E-state index < -0.39 is 34.5 Å². The number of carbonyl (C=O) groups excluding carboxylic acids is 1. The first-order chi connectivity index (χ1) is 23.0. The second-order valence-electron chi connectivity index (χ2n) is 8.61. The Morgan fingerprint density at radius 1 is 0.920 bits per heavy atom. The first-order valence-electron chi connectivity index (χ1n) is 12.9. The van der Waals surface area contributed by atoms with Crippen LogP contribution in [0.3, 0.4) is 0 Å². The summed E-state index contributed by atoms with van der Waals surface area (Å²) in [5, 5.41) is 28.2. The zero-order valence-corrected chi connectivity index (χ0v) is 25.8. The summed E-state index contributed by atoms with van der Waals surface area (Å²) >= 11 is 0. The van der Waals surface area contributed by atoms with Gasteiger partial charge in [-0.1, -0.05) is 0 Å². The number of carboxylic acid groups (broad SMARTS) is 3. The minimum Gasteiger partial charge on any atom is -0.483 e. The number of hydrogen-bond donors (Lipinski definition) is 4. The van der Waals surface area contributed by atoms with Crippen LogP contribution < -0.4 is 10.2 Å². The molecule has 1 saturated heterocycles. The van der Waals surface area contributed by atoms with Crippen LogP contribution in [0.1, 0.15) is 17.3 Å². The second kappa shape index (κ2) is 19.7. The molecule has 4 N–H and O–H groups in total. The molecule has 0 aromatic carbocycles. The Hall–Kier alpha value is -5.27. The van der Waals surface area contributed by atoms with E-state index in [0.717, 1.165) is 5.82 Å². The van der Waals surface area contributed by atoms with Crippen molar-refractivity contribution in [1.82, 2.24) is 23.9 Å². The number of imidazole rings is 1. The SMILES string of the molecule is CCS(=O)(=O)N1CCN(c2ccc3nc(NC(=O)c4cccnc4)cn3n2)CC1.FC(F)(F)C(F)(F)F.O=C(O)C(F)(F)F.O=CO.O=CO. The maximum absolute atomic E-state index is 12.3. The molecule has 0 radical (unpaired) electrons. The third kappa shape index (κ3) is 15.3. The van der Waals surface area contributed by atoms with Crippen molar-refractivity contribution in [1.29, 1.82) is 0 Å². The van der Waals surface area contributed by atoms with Crippen LogP contribution >= 0.6 is 0 Å².